The second-order valence-electron chi connectivity index (χ2n) is 8.88. The molecule has 0 amide bonds. The van der Waals surface area contributed by atoms with Gasteiger partial charge in [0, 0.05) is 12.5 Å². The molecular formula is C22H41O6PSi. The Bertz CT molecular complexity index is 622. The molecule has 1 rings (SSSR count). The largest absolute Gasteiger partial charge is 0.416 e. The lowest BCUT2D eigenvalue weighted by atomic mass is 10.2. The number of hydrogen-bond donors (Lipinski definition) is 0. The summed E-state index contributed by atoms with van der Waals surface area (Å²) in [5.74, 6) is 0.0274. The highest BCUT2D eigenvalue weighted by molar-refractivity contribution is 7.53. The first-order valence-electron chi connectivity index (χ1n) is 10.7. The molecule has 0 heterocycles. The molecule has 0 aliphatic carbocycles. The summed E-state index contributed by atoms with van der Waals surface area (Å²) in [4.78, 5) is 0. The highest BCUT2D eigenvalue weighted by atomic mass is 31.2. The average Bonchev–Trinajstić information content (AvgIpc) is 2.66. The maximum absolute atomic E-state index is 12.6. The maximum atomic E-state index is 12.6. The molecule has 0 N–H and O–H groups in total. The lowest BCUT2D eigenvalue weighted by molar-refractivity contribution is 0.0183. The second kappa shape index (κ2) is 13.1. The highest BCUT2D eigenvalue weighted by Crippen LogP contribution is 2.47. The summed E-state index contributed by atoms with van der Waals surface area (Å²) >= 11 is 0. The summed E-state index contributed by atoms with van der Waals surface area (Å²) in [6.07, 6.45) is -0.0655. The Balaban J connectivity index is 2.65. The van der Waals surface area contributed by atoms with Gasteiger partial charge in [0.15, 0.2) is 8.32 Å². The first-order valence-corrected chi connectivity index (χ1v) is 15.4. The van der Waals surface area contributed by atoms with Gasteiger partial charge in [-0.15, -0.1) is 0 Å². The highest BCUT2D eigenvalue weighted by Gasteiger charge is 2.37. The van der Waals surface area contributed by atoms with E-state index >= 15 is 0 Å². The number of hydrogen-bond acceptors (Lipinski definition) is 6. The molecule has 6 nitrogen and oxygen atoms in total. The summed E-state index contributed by atoms with van der Waals surface area (Å²) in [6.45, 7) is 17.3. The zero-order chi connectivity index (χ0) is 22.7. The molecule has 1 atom stereocenters. The molecule has 0 bridgehead atoms. The van der Waals surface area contributed by atoms with Crippen LogP contribution in [0.4, 0.5) is 0 Å². The van der Waals surface area contributed by atoms with Gasteiger partial charge >= 0.3 is 7.60 Å². The fraction of sp³-hybridized carbons (Fsp3) is 0.727. The van der Waals surface area contributed by atoms with E-state index in [4.69, 9.17) is 22.9 Å². The van der Waals surface area contributed by atoms with E-state index in [0.717, 1.165) is 5.56 Å². The van der Waals surface area contributed by atoms with Gasteiger partial charge in [-0.05, 0) is 37.5 Å². The molecular weight excluding hydrogens is 419 g/mol. The minimum absolute atomic E-state index is 0.0274. The Labute approximate surface area is 184 Å². The molecule has 0 saturated heterocycles. The van der Waals surface area contributed by atoms with Crippen LogP contribution in [-0.2, 0) is 34.1 Å². The summed E-state index contributed by atoms with van der Waals surface area (Å²) in [5.41, 5.74) is 1.12. The van der Waals surface area contributed by atoms with Gasteiger partial charge in [0.1, 0.15) is 6.35 Å². The molecule has 30 heavy (non-hydrogen) atoms. The minimum atomic E-state index is -3.22. The summed E-state index contributed by atoms with van der Waals surface area (Å²) in [6, 6.07) is 10.1. The van der Waals surface area contributed by atoms with Crippen LogP contribution < -0.4 is 0 Å². The van der Waals surface area contributed by atoms with Gasteiger partial charge in [0.25, 0.3) is 0 Å². The maximum Gasteiger partial charge on any atom is 0.356 e. The third-order valence-electron chi connectivity index (χ3n) is 5.21. The Morgan fingerprint density at radius 1 is 0.933 bits per heavy atom. The fourth-order valence-electron chi connectivity index (χ4n) is 2.44. The van der Waals surface area contributed by atoms with Crippen LogP contribution >= 0.6 is 7.60 Å². The summed E-state index contributed by atoms with van der Waals surface area (Å²) < 4.78 is 41.3. The van der Waals surface area contributed by atoms with E-state index in [1.807, 2.05) is 30.3 Å². The SMILES string of the molecule is CCOP(=O)(COCC(COCc1ccccc1)CO[Si](C)(C)C(C)(C)C)OCC. The Morgan fingerprint density at radius 3 is 2.03 bits per heavy atom. The first kappa shape index (κ1) is 27.5. The van der Waals surface area contributed by atoms with Gasteiger partial charge in [0.05, 0.1) is 33.0 Å². The topological polar surface area (TPSA) is 63.2 Å². The quantitative estimate of drug-likeness (QED) is 0.233. The minimum Gasteiger partial charge on any atom is -0.416 e. The summed E-state index contributed by atoms with van der Waals surface area (Å²) in [7, 11) is -5.11. The first-order chi connectivity index (χ1) is 14.0. The van der Waals surface area contributed by atoms with E-state index in [0.29, 0.717) is 39.6 Å². The zero-order valence-corrected chi connectivity index (χ0v) is 21.7. The van der Waals surface area contributed by atoms with Crippen molar-refractivity contribution < 1.29 is 27.5 Å². The van der Waals surface area contributed by atoms with Crippen LogP contribution in [0.1, 0.15) is 40.2 Å². The van der Waals surface area contributed by atoms with Crippen molar-refractivity contribution >= 4 is 15.9 Å². The fourth-order valence-corrected chi connectivity index (χ4v) is 4.87. The molecule has 174 valence electrons. The van der Waals surface area contributed by atoms with Crippen molar-refractivity contribution in [2.45, 2.75) is 59.4 Å². The van der Waals surface area contributed by atoms with Gasteiger partial charge in [-0.2, -0.15) is 0 Å². The van der Waals surface area contributed by atoms with E-state index in [-0.39, 0.29) is 17.3 Å². The molecule has 0 aliphatic rings. The molecule has 0 radical (unpaired) electrons. The lowest BCUT2D eigenvalue weighted by Crippen LogP contribution is -2.42. The molecule has 0 fully saturated rings. The van der Waals surface area contributed by atoms with E-state index in [1.165, 1.54) is 0 Å². The van der Waals surface area contributed by atoms with Crippen molar-refractivity contribution in [2.24, 2.45) is 5.92 Å². The van der Waals surface area contributed by atoms with Crippen molar-refractivity contribution in [3.05, 3.63) is 35.9 Å². The lowest BCUT2D eigenvalue weighted by Gasteiger charge is -2.37. The van der Waals surface area contributed by atoms with Crippen molar-refractivity contribution in [1.29, 1.82) is 0 Å². The number of rotatable bonds is 15. The predicted molar refractivity (Wildman–Crippen MR) is 124 cm³/mol. The van der Waals surface area contributed by atoms with Crippen LogP contribution in [0, 0.1) is 5.92 Å². The third-order valence-corrected chi connectivity index (χ3v) is 11.5. The Morgan fingerprint density at radius 2 is 1.50 bits per heavy atom. The second-order valence-corrected chi connectivity index (χ2v) is 15.7. The van der Waals surface area contributed by atoms with E-state index < -0.39 is 15.9 Å². The van der Waals surface area contributed by atoms with Gasteiger partial charge in [-0.3, -0.25) is 4.57 Å². The van der Waals surface area contributed by atoms with Gasteiger partial charge in [-0.1, -0.05) is 51.1 Å². The standard InChI is InChI=1S/C22H41O6PSi/c1-8-26-29(23,27-9-2)19-25-17-21(18-28-30(6,7)22(3,4)5)16-24-15-20-13-11-10-12-14-20/h10-14,21H,8-9,15-19H2,1-7H3. The van der Waals surface area contributed by atoms with Gasteiger partial charge in [0.2, 0.25) is 0 Å². The van der Waals surface area contributed by atoms with E-state index in [9.17, 15) is 4.57 Å². The van der Waals surface area contributed by atoms with Gasteiger partial charge in [-0.25, -0.2) is 0 Å². The van der Waals surface area contributed by atoms with Crippen LogP contribution in [0.3, 0.4) is 0 Å². The normalized spacial score (nSPS) is 14.1. The Hall–Kier alpha value is -0.533. The van der Waals surface area contributed by atoms with Crippen LogP contribution in [0.2, 0.25) is 18.1 Å². The van der Waals surface area contributed by atoms with Crippen molar-refractivity contribution in [3.63, 3.8) is 0 Å². The number of benzene rings is 1. The third kappa shape index (κ3) is 10.2. The molecule has 1 aromatic carbocycles. The molecule has 0 spiro atoms. The van der Waals surface area contributed by atoms with Crippen LogP contribution in [0.25, 0.3) is 0 Å². The molecule has 0 aromatic heterocycles. The molecule has 1 unspecified atom stereocenters. The van der Waals surface area contributed by atoms with Crippen LogP contribution in [-0.4, -0.2) is 47.7 Å². The Kier molecular flexibility index (Phi) is 12.0. The van der Waals surface area contributed by atoms with Crippen molar-refractivity contribution in [1.82, 2.24) is 0 Å². The predicted octanol–water partition coefficient (Wildman–Crippen LogP) is 6.08. The van der Waals surface area contributed by atoms with Gasteiger partial charge < -0.3 is 22.9 Å². The molecule has 8 heteroatoms. The zero-order valence-electron chi connectivity index (χ0n) is 19.8. The van der Waals surface area contributed by atoms with Crippen molar-refractivity contribution in [2.75, 3.05) is 39.4 Å². The van der Waals surface area contributed by atoms with Crippen molar-refractivity contribution in [3.8, 4) is 0 Å². The smallest absolute Gasteiger partial charge is 0.356 e. The average molecular weight is 461 g/mol. The monoisotopic (exact) mass is 460 g/mol. The van der Waals surface area contributed by atoms with Crippen LogP contribution in [0.5, 0.6) is 0 Å². The molecule has 0 saturated carbocycles. The van der Waals surface area contributed by atoms with E-state index in [1.54, 1.807) is 13.8 Å². The van der Waals surface area contributed by atoms with E-state index in [2.05, 4.69) is 33.9 Å². The molecule has 1 aromatic rings. The number of ether oxygens (including phenoxy) is 2. The van der Waals surface area contributed by atoms with Crippen LogP contribution in [0.15, 0.2) is 30.3 Å². The molecule has 0 aliphatic heterocycles. The summed E-state index contributed by atoms with van der Waals surface area (Å²) in [5, 5.41) is 0.128.